The van der Waals surface area contributed by atoms with E-state index in [0.717, 1.165) is 5.01 Å². The number of thiazole rings is 1. The fourth-order valence-corrected chi connectivity index (χ4v) is 1.95. The molecular formula is C9H13F3N2S. The first kappa shape index (κ1) is 12.4. The van der Waals surface area contributed by atoms with Gasteiger partial charge in [0.1, 0.15) is 0 Å². The summed E-state index contributed by atoms with van der Waals surface area (Å²) in [5.41, 5.74) is 0. The summed E-state index contributed by atoms with van der Waals surface area (Å²) in [5, 5.41) is 5.58. The van der Waals surface area contributed by atoms with Gasteiger partial charge < -0.3 is 5.32 Å². The van der Waals surface area contributed by atoms with E-state index in [1.54, 1.807) is 13.2 Å². The lowest BCUT2D eigenvalue weighted by atomic mass is 10.1. The number of hydrogen-bond donors (Lipinski definition) is 1. The smallest absolute Gasteiger partial charge is 0.317 e. The van der Waals surface area contributed by atoms with Crippen LogP contribution in [0.5, 0.6) is 0 Å². The molecule has 0 spiro atoms. The molecule has 0 aromatic carbocycles. The van der Waals surface area contributed by atoms with Gasteiger partial charge in [-0.25, -0.2) is 4.98 Å². The number of aromatic nitrogens is 1. The molecular weight excluding hydrogens is 225 g/mol. The summed E-state index contributed by atoms with van der Waals surface area (Å²) >= 11 is 1.47. The van der Waals surface area contributed by atoms with Gasteiger partial charge in [-0.05, 0) is 13.5 Å². The predicted molar refractivity (Wildman–Crippen MR) is 54.0 cm³/mol. The maximum Gasteiger partial charge on any atom is 0.389 e. The van der Waals surface area contributed by atoms with Crippen molar-refractivity contribution in [1.29, 1.82) is 0 Å². The monoisotopic (exact) mass is 238 g/mol. The molecule has 1 heterocycles. The van der Waals surface area contributed by atoms with Crippen molar-refractivity contribution in [3.05, 3.63) is 16.6 Å². The minimum atomic E-state index is -4.07. The van der Waals surface area contributed by atoms with E-state index in [2.05, 4.69) is 10.3 Å². The summed E-state index contributed by atoms with van der Waals surface area (Å²) in [6.07, 6.45) is -2.50. The van der Waals surface area contributed by atoms with Crippen LogP contribution in [-0.2, 0) is 6.42 Å². The minimum Gasteiger partial charge on any atom is -0.317 e. The summed E-state index contributed by atoms with van der Waals surface area (Å²) in [5.74, 6) is 0. The van der Waals surface area contributed by atoms with Gasteiger partial charge in [0.15, 0.2) is 0 Å². The third-order valence-corrected chi connectivity index (χ3v) is 2.89. The van der Waals surface area contributed by atoms with Gasteiger partial charge in [0.25, 0.3) is 0 Å². The van der Waals surface area contributed by atoms with E-state index in [9.17, 15) is 13.2 Å². The molecule has 2 nitrogen and oxygen atoms in total. The average molecular weight is 238 g/mol. The van der Waals surface area contributed by atoms with Crippen LogP contribution in [-0.4, -0.2) is 24.2 Å². The molecule has 1 N–H and O–H groups in total. The second kappa shape index (κ2) is 5.46. The number of hydrogen-bond acceptors (Lipinski definition) is 3. The van der Waals surface area contributed by atoms with Gasteiger partial charge in [0, 0.05) is 30.5 Å². The number of rotatable bonds is 5. The molecule has 0 saturated carbocycles. The topological polar surface area (TPSA) is 24.9 Å². The molecule has 0 aliphatic heterocycles. The van der Waals surface area contributed by atoms with Crippen LogP contribution in [0.1, 0.15) is 17.8 Å². The van der Waals surface area contributed by atoms with Crippen molar-refractivity contribution in [3.63, 3.8) is 0 Å². The molecule has 0 bridgehead atoms. The van der Waals surface area contributed by atoms with Crippen molar-refractivity contribution in [2.24, 2.45) is 0 Å². The van der Waals surface area contributed by atoms with Crippen LogP contribution in [0.25, 0.3) is 0 Å². The lowest BCUT2D eigenvalue weighted by Crippen LogP contribution is -2.29. The molecule has 1 rings (SSSR count). The number of alkyl halides is 3. The van der Waals surface area contributed by atoms with E-state index in [1.807, 2.05) is 5.38 Å². The van der Waals surface area contributed by atoms with E-state index < -0.39 is 12.6 Å². The molecule has 1 unspecified atom stereocenters. The fraction of sp³-hybridized carbons (Fsp3) is 0.667. The van der Waals surface area contributed by atoms with Crippen molar-refractivity contribution in [1.82, 2.24) is 10.3 Å². The highest BCUT2D eigenvalue weighted by Gasteiger charge is 2.28. The Kier molecular flexibility index (Phi) is 4.53. The van der Waals surface area contributed by atoms with E-state index in [0.29, 0.717) is 6.42 Å². The molecule has 0 radical (unpaired) electrons. The fourth-order valence-electron chi connectivity index (χ4n) is 1.25. The predicted octanol–water partition coefficient (Wildman–Crippen LogP) is 2.62. The van der Waals surface area contributed by atoms with Crippen molar-refractivity contribution >= 4 is 11.3 Å². The third-order valence-electron chi connectivity index (χ3n) is 2.09. The first-order valence-corrected chi connectivity index (χ1v) is 5.51. The molecule has 86 valence electrons. The van der Waals surface area contributed by atoms with Gasteiger partial charge in [0.05, 0.1) is 5.01 Å². The van der Waals surface area contributed by atoms with Crippen molar-refractivity contribution in [2.45, 2.75) is 31.5 Å². The van der Waals surface area contributed by atoms with Gasteiger partial charge in [0.2, 0.25) is 0 Å². The van der Waals surface area contributed by atoms with E-state index in [4.69, 9.17) is 0 Å². The molecule has 0 saturated heterocycles. The summed E-state index contributed by atoms with van der Waals surface area (Å²) in [4.78, 5) is 4.05. The Labute approximate surface area is 90.5 Å². The third kappa shape index (κ3) is 5.13. The maximum atomic E-state index is 12.0. The van der Waals surface area contributed by atoms with E-state index in [-0.39, 0.29) is 12.5 Å². The first-order valence-electron chi connectivity index (χ1n) is 4.63. The van der Waals surface area contributed by atoms with Crippen LogP contribution in [0, 0.1) is 0 Å². The SMILES string of the molecule is CNC(CCC(F)(F)F)Cc1nccs1. The quantitative estimate of drug-likeness (QED) is 0.853. The van der Waals surface area contributed by atoms with Crippen LogP contribution < -0.4 is 5.32 Å². The van der Waals surface area contributed by atoms with Crippen LogP contribution in [0.3, 0.4) is 0 Å². The normalized spacial score (nSPS) is 14.1. The number of nitrogens with zero attached hydrogens (tertiary/aromatic N) is 1. The Balaban J connectivity index is 2.36. The van der Waals surface area contributed by atoms with E-state index in [1.165, 1.54) is 11.3 Å². The Hall–Kier alpha value is -0.620. The molecule has 15 heavy (non-hydrogen) atoms. The highest BCUT2D eigenvalue weighted by molar-refractivity contribution is 7.09. The van der Waals surface area contributed by atoms with Crippen LogP contribution in [0.2, 0.25) is 0 Å². The first-order chi connectivity index (χ1) is 7.01. The highest BCUT2D eigenvalue weighted by Crippen LogP contribution is 2.23. The van der Waals surface area contributed by atoms with Gasteiger partial charge >= 0.3 is 6.18 Å². The number of halogens is 3. The molecule has 0 aliphatic rings. The minimum absolute atomic E-state index is 0.0968. The largest absolute Gasteiger partial charge is 0.389 e. The summed E-state index contributed by atoms with van der Waals surface area (Å²) in [6, 6.07) is -0.155. The Morgan fingerprint density at radius 3 is 2.73 bits per heavy atom. The van der Waals surface area contributed by atoms with Gasteiger partial charge in [-0.2, -0.15) is 13.2 Å². The molecule has 1 aromatic heterocycles. The summed E-state index contributed by atoms with van der Waals surface area (Å²) in [7, 11) is 1.68. The van der Waals surface area contributed by atoms with Crippen LogP contribution >= 0.6 is 11.3 Å². The van der Waals surface area contributed by atoms with Gasteiger partial charge in [-0.3, -0.25) is 0 Å². The van der Waals surface area contributed by atoms with E-state index >= 15 is 0 Å². The molecule has 0 aliphatic carbocycles. The summed E-state index contributed by atoms with van der Waals surface area (Å²) in [6.45, 7) is 0. The number of nitrogens with one attached hydrogen (secondary N) is 1. The standard InChI is InChI=1S/C9H13F3N2S/c1-13-7(2-3-9(10,11)12)6-8-14-4-5-15-8/h4-5,7,13H,2-3,6H2,1H3. The molecule has 1 aromatic rings. The maximum absolute atomic E-state index is 12.0. The zero-order valence-electron chi connectivity index (χ0n) is 8.34. The Bertz CT molecular complexity index is 271. The van der Waals surface area contributed by atoms with Gasteiger partial charge in [-0.1, -0.05) is 0 Å². The van der Waals surface area contributed by atoms with Crippen molar-refractivity contribution in [2.75, 3.05) is 7.05 Å². The lowest BCUT2D eigenvalue weighted by Gasteiger charge is -2.15. The van der Waals surface area contributed by atoms with Gasteiger partial charge in [-0.15, -0.1) is 11.3 Å². The van der Waals surface area contributed by atoms with Crippen LogP contribution in [0.4, 0.5) is 13.2 Å². The summed E-state index contributed by atoms with van der Waals surface area (Å²) < 4.78 is 36.0. The molecule has 0 fully saturated rings. The zero-order chi connectivity index (χ0) is 11.3. The lowest BCUT2D eigenvalue weighted by molar-refractivity contribution is -0.136. The highest BCUT2D eigenvalue weighted by atomic mass is 32.1. The molecule has 6 heteroatoms. The Morgan fingerprint density at radius 1 is 1.53 bits per heavy atom. The Morgan fingerprint density at radius 2 is 2.27 bits per heavy atom. The van der Waals surface area contributed by atoms with Crippen molar-refractivity contribution in [3.8, 4) is 0 Å². The second-order valence-corrected chi connectivity index (χ2v) is 4.25. The second-order valence-electron chi connectivity index (χ2n) is 3.27. The number of likely N-dealkylation sites (N-methyl/N-ethyl adjacent to an activating group) is 1. The average Bonchev–Trinajstić information content (AvgIpc) is 2.63. The molecule has 1 atom stereocenters. The molecule has 0 amide bonds. The van der Waals surface area contributed by atoms with Crippen molar-refractivity contribution < 1.29 is 13.2 Å². The zero-order valence-corrected chi connectivity index (χ0v) is 9.16. The van der Waals surface area contributed by atoms with Crippen LogP contribution in [0.15, 0.2) is 11.6 Å².